The van der Waals surface area contributed by atoms with E-state index in [0.29, 0.717) is 24.0 Å². The van der Waals surface area contributed by atoms with Crippen LogP contribution in [0.25, 0.3) is 0 Å². The zero-order chi connectivity index (χ0) is 19.5. The SMILES string of the molecule is CC(C)CN=C(NCC1CCS(=O)(=O)C1)N1CCC(C)(c2ccccc2)C1.I. The number of aliphatic imine (C=N–C) groups is 1. The summed E-state index contributed by atoms with van der Waals surface area (Å²) >= 11 is 0. The van der Waals surface area contributed by atoms with E-state index in [4.69, 9.17) is 4.99 Å². The van der Waals surface area contributed by atoms with E-state index in [1.807, 2.05) is 0 Å². The summed E-state index contributed by atoms with van der Waals surface area (Å²) in [5.41, 5.74) is 1.50. The Morgan fingerprint density at radius 1 is 1.32 bits per heavy atom. The molecule has 0 aliphatic carbocycles. The number of benzene rings is 1. The lowest BCUT2D eigenvalue weighted by Crippen LogP contribution is -2.43. The van der Waals surface area contributed by atoms with Crippen LogP contribution in [-0.4, -0.2) is 57.0 Å². The normalized spacial score (nSPS) is 27.1. The summed E-state index contributed by atoms with van der Waals surface area (Å²) in [5, 5.41) is 3.50. The highest BCUT2D eigenvalue weighted by molar-refractivity contribution is 14.0. The molecule has 2 saturated heterocycles. The molecule has 7 heteroatoms. The van der Waals surface area contributed by atoms with Gasteiger partial charge in [-0.1, -0.05) is 51.1 Å². The standard InChI is InChI=1S/C21H33N3O2S.HI/c1-17(2)13-22-20(23-14-18-9-12-27(25,26)15-18)24-11-10-21(3,16-24)19-7-5-4-6-8-19;/h4-8,17-18H,9-16H2,1-3H3,(H,22,23);1H. The van der Waals surface area contributed by atoms with E-state index < -0.39 is 9.84 Å². The van der Waals surface area contributed by atoms with E-state index >= 15 is 0 Å². The Morgan fingerprint density at radius 2 is 2.04 bits per heavy atom. The first-order chi connectivity index (χ1) is 12.8. The van der Waals surface area contributed by atoms with Gasteiger partial charge in [-0.25, -0.2) is 8.42 Å². The maximum Gasteiger partial charge on any atom is 0.193 e. The predicted octanol–water partition coefficient (Wildman–Crippen LogP) is 3.30. The topological polar surface area (TPSA) is 61.8 Å². The van der Waals surface area contributed by atoms with Gasteiger partial charge in [-0.15, -0.1) is 24.0 Å². The minimum Gasteiger partial charge on any atom is -0.356 e. The number of rotatable bonds is 5. The first-order valence-electron chi connectivity index (χ1n) is 10.1. The monoisotopic (exact) mass is 519 g/mol. The summed E-state index contributed by atoms with van der Waals surface area (Å²) < 4.78 is 23.5. The number of nitrogens with one attached hydrogen (secondary N) is 1. The number of hydrogen-bond acceptors (Lipinski definition) is 3. The Balaban J connectivity index is 0.00000280. The second-order valence-electron chi connectivity index (χ2n) is 8.81. The average Bonchev–Trinajstić information content (AvgIpc) is 3.19. The number of hydrogen-bond donors (Lipinski definition) is 1. The number of sulfone groups is 1. The molecule has 0 aromatic heterocycles. The summed E-state index contributed by atoms with van der Waals surface area (Å²) in [6, 6.07) is 10.7. The van der Waals surface area contributed by atoms with Gasteiger partial charge < -0.3 is 10.2 Å². The third-order valence-electron chi connectivity index (χ3n) is 5.73. The second-order valence-corrected chi connectivity index (χ2v) is 11.0. The van der Waals surface area contributed by atoms with Gasteiger partial charge in [0, 0.05) is 31.6 Å². The van der Waals surface area contributed by atoms with Crippen LogP contribution in [0.5, 0.6) is 0 Å². The lowest BCUT2D eigenvalue weighted by molar-refractivity contribution is 0.430. The number of guanidine groups is 1. The molecule has 2 fully saturated rings. The van der Waals surface area contributed by atoms with Gasteiger partial charge in [-0.05, 0) is 30.2 Å². The quantitative estimate of drug-likeness (QED) is 0.369. The van der Waals surface area contributed by atoms with Gasteiger partial charge in [0.05, 0.1) is 11.5 Å². The predicted molar refractivity (Wildman–Crippen MR) is 127 cm³/mol. The molecule has 2 aliphatic rings. The van der Waals surface area contributed by atoms with Crippen molar-refractivity contribution in [2.75, 3.05) is 37.7 Å². The molecule has 0 amide bonds. The number of halogens is 1. The molecule has 3 rings (SSSR count). The molecule has 5 nitrogen and oxygen atoms in total. The van der Waals surface area contributed by atoms with Gasteiger partial charge >= 0.3 is 0 Å². The lowest BCUT2D eigenvalue weighted by Gasteiger charge is -2.28. The molecule has 2 aliphatic heterocycles. The van der Waals surface area contributed by atoms with E-state index in [1.165, 1.54) is 5.56 Å². The van der Waals surface area contributed by atoms with Crippen LogP contribution >= 0.6 is 24.0 Å². The van der Waals surface area contributed by atoms with Crippen molar-refractivity contribution in [2.45, 2.75) is 39.0 Å². The van der Waals surface area contributed by atoms with Gasteiger partial charge in [-0.2, -0.15) is 0 Å². The van der Waals surface area contributed by atoms with Gasteiger partial charge in [-0.3, -0.25) is 4.99 Å². The van der Waals surface area contributed by atoms with Crippen LogP contribution < -0.4 is 5.32 Å². The van der Waals surface area contributed by atoms with Crippen molar-refractivity contribution in [3.05, 3.63) is 35.9 Å². The lowest BCUT2D eigenvalue weighted by atomic mass is 9.82. The first-order valence-corrected chi connectivity index (χ1v) is 11.9. The molecule has 2 heterocycles. The van der Waals surface area contributed by atoms with Crippen molar-refractivity contribution in [1.82, 2.24) is 10.2 Å². The van der Waals surface area contributed by atoms with Crippen molar-refractivity contribution in [3.63, 3.8) is 0 Å². The van der Waals surface area contributed by atoms with Crippen LogP contribution in [0, 0.1) is 11.8 Å². The fourth-order valence-electron chi connectivity index (χ4n) is 4.02. The summed E-state index contributed by atoms with van der Waals surface area (Å²) in [5.74, 6) is 2.26. The maximum atomic E-state index is 11.7. The second kappa shape index (κ2) is 9.78. The van der Waals surface area contributed by atoms with Crippen LogP contribution in [0.1, 0.15) is 39.2 Å². The van der Waals surface area contributed by atoms with Gasteiger partial charge in [0.1, 0.15) is 0 Å². The van der Waals surface area contributed by atoms with Gasteiger partial charge in [0.15, 0.2) is 15.8 Å². The molecule has 158 valence electrons. The smallest absolute Gasteiger partial charge is 0.193 e. The Bertz CT molecular complexity index is 767. The van der Waals surface area contributed by atoms with E-state index in [-0.39, 0.29) is 35.3 Å². The third-order valence-corrected chi connectivity index (χ3v) is 7.56. The summed E-state index contributed by atoms with van der Waals surface area (Å²) in [7, 11) is -2.84. The zero-order valence-electron chi connectivity index (χ0n) is 17.2. The molecule has 1 aromatic rings. The molecule has 2 atom stereocenters. The Labute approximate surface area is 187 Å². The van der Waals surface area contributed by atoms with E-state index in [9.17, 15) is 8.42 Å². The molecular weight excluding hydrogens is 485 g/mol. The molecule has 0 radical (unpaired) electrons. The summed E-state index contributed by atoms with van der Waals surface area (Å²) in [6.07, 6.45) is 1.85. The average molecular weight is 519 g/mol. The third kappa shape index (κ3) is 6.08. The molecule has 0 saturated carbocycles. The van der Waals surface area contributed by atoms with E-state index in [0.717, 1.165) is 38.4 Å². The summed E-state index contributed by atoms with van der Waals surface area (Å²) in [4.78, 5) is 7.19. The van der Waals surface area contributed by atoms with Crippen molar-refractivity contribution < 1.29 is 8.42 Å². The van der Waals surface area contributed by atoms with Crippen LogP contribution in [0.3, 0.4) is 0 Å². The van der Waals surface area contributed by atoms with Crippen LogP contribution in [0.2, 0.25) is 0 Å². The fraction of sp³-hybridized carbons (Fsp3) is 0.667. The number of likely N-dealkylation sites (tertiary alicyclic amines) is 1. The Kier molecular flexibility index (Phi) is 8.19. The Hall–Kier alpha value is -0.830. The molecule has 0 bridgehead atoms. The molecule has 1 N–H and O–H groups in total. The largest absolute Gasteiger partial charge is 0.356 e. The van der Waals surface area contributed by atoms with Crippen molar-refractivity contribution >= 4 is 39.8 Å². The van der Waals surface area contributed by atoms with Gasteiger partial charge in [0.2, 0.25) is 0 Å². The molecule has 0 spiro atoms. The van der Waals surface area contributed by atoms with Crippen molar-refractivity contribution in [2.24, 2.45) is 16.8 Å². The molecule has 1 aromatic carbocycles. The van der Waals surface area contributed by atoms with Crippen LogP contribution in [-0.2, 0) is 15.3 Å². The highest BCUT2D eigenvalue weighted by Gasteiger charge is 2.37. The van der Waals surface area contributed by atoms with Gasteiger partial charge in [0.25, 0.3) is 0 Å². The minimum absolute atomic E-state index is 0. The highest BCUT2D eigenvalue weighted by atomic mass is 127. The molecular formula is C21H34IN3O2S. The zero-order valence-corrected chi connectivity index (χ0v) is 20.4. The fourth-order valence-corrected chi connectivity index (χ4v) is 5.89. The maximum absolute atomic E-state index is 11.7. The number of nitrogens with zero attached hydrogens (tertiary/aromatic N) is 2. The van der Waals surface area contributed by atoms with E-state index in [1.54, 1.807) is 0 Å². The van der Waals surface area contributed by atoms with Crippen LogP contribution in [0.4, 0.5) is 0 Å². The van der Waals surface area contributed by atoms with Crippen molar-refractivity contribution in [3.8, 4) is 0 Å². The van der Waals surface area contributed by atoms with Crippen LogP contribution in [0.15, 0.2) is 35.3 Å². The molecule has 28 heavy (non-hydrogen) atoms. The Morgan fingerprint density at radius 3 is 2.64 bits per heavy atom. The first kappa shape index (κ1) is 23.4. The minimum atomic E-state index is -2.84. The van der Waals surface area contributed by atoms with Crippen molar-refractivity contribution in [1.29, 1.82) is 0 Å². The van der Waals surface area contributed by atoms with E-state index in [2.05, 4.69) is 61.3 Å². The molecule has 2 unspecified atom stereocenters. The highest BCUT2D eigenvalue weighted by Crippen LogP contribution is 2.34. The summed E-state index contributed by atoms with van der Waals surface area (Å²) in [6.45, 7) is 10.0.